The van der Waals surface area contributed by atoms with Gasteiger partial charge in [-0.05, 0) is 18.2 Å². The van der Waals surface area contributed by atoms with Crippen LogP contribution in [0.2, 0.25) is 0 Å². The summed E-state index contributed by atoms with van der Waals surface area (Å²) in [5.74, 6) is 0. The number of nitrogens with zero attached hydrogens (tertiary/aromatic N) is 1. The van der Waals surface area contributed by atoms with Crippen molar-refractivity contribution in [3.8, 4) is 0 Å². The molecule has 0 aliphatic carbocycles. The smallest absolute Gasteiger partial charge is 0.307 e. The molecule has 0 unspecified atom stereocenters. The molecule has 8 heteroatoms. The van der Waals surface area contributed by atoms with Crippen LogP contribution in [0.5, 0.6) is 0 Å². The number of nitrogens with one attached hydrogen (secondary N) is 1. The fraction of sp³-hybridized carbons (Fsp3) is 0.111. The van der Waals surface area contributed by atoms with Gasteiger partial charge in [0.15, 0.2) is 0 Å². The summed E-state index contributed by atoms with van der Waals surface area (Å²) in [5.41, 5.74) is -0.878. The molecule has 1 N–H and O–H groups in total. The van der Waals surface area contributed by atoms with Gasteiger partial charge in [-0.2, -0.15) is 0 Å². The van der Waals surface area contributed by atoms with E-state index >= 15 is 0 Å². The molecule has 1 aromatic carbocycles. The Kier molecular flexibility index (Phi) is 2.59. The molecule has 0 aliphatic rings. The molecule has 6 nitrogen and oxygen atoms in total. The number of halogens is 1. The maximum atomic E-state index is 11.7. The van der Waals surface area contributed by atoms with Gasteiger partial charge in [-0.15, -0.1) is 0 Å². The van der Waals surface area contributed by atoms with Gasteiger partial charge in [0.25, 0.3) is 14.6 Å². The van der Waals surface area contributed by atoms with Crippen molar-refractivity contribution in [3.05, 3.63) is 39.0 Å². The summed E-state index contributed by atoms with van der Waals surface area (Å²) in [6.07, 6.45) is 0. The Labute approximate surface area is 99.9 Å². The molecule has 90 valence electrons. The minimum atomic E-state index is -3.90. The summed E-state index contributed by atoms with van der Waals surface area (Å²) in [6.45, 7) is 0. The van der Waals surface area contributed by atoms with E-state index in [0.29, 0.717) is 0 Å². The van der Waals surface area contributed by atoms with Crippen molar-refractivity contribution in [3.63, 3.8) is 0 Å². The van der Waals surface area contributed by atoms with E-state index in [-0.39, 0.29) is 15.8 Å². The Bertz CT molecular complexity index is 819. The van der Waals surface area contributed by atoms with Gasteiger partial charge >= 0.3 is 5.69 Å². The number of aromatic nitrogens is 2. The molecular weight excluding hydrogens is 268 g/mol. The maximum Gasteiger partial charge on any atom is 0.328 e. The predicted molar refractivity (Wildman–Crippen MR) is 62.8 cm³/mol. The number of rotatable bonds is 1. The fourth-order valence-corrected chi connectivity index (χ4v) is 2.21. The molecule has 1 aromatic heterocycles. The minimum Gasteiger partial charge on any atom is -0.307 e. The zero-order valence-corrected chi connectivity index (χ0v) is 10.2. The highest BCUT2D eigenvalue weighted by molar-refractivity contribution is 8.13. The first kappa shape index (κ1) is 11.9. The lowest BCUT2D eigenvalue weighted by Gasteiger charge is -2.02. The lowest BCUT2D eigenvalue weighted by Crippen LogP contribution is -2.32. The third-order valence-electron chi connectivity index (χ3n) is 2.35. The number of aromatic amines is 1. The molecule has 0 atom stereocenters. The molecule has 0 saturated heterocycles. The minimum absolute atomic E-state index is 0.0915. The number of fused-ring (bicyclic) bond motifs is 1. The molecule has 0 bridgehead atoms. The average molecular weight is 275 g/mol. The van der Waals surface area contributed by atoms with Gasteiger partial charge < -0.3 is 4.98 Å². The first-order chi connectivity index (χ1) is 7.80. The van der Waals surface area contributed by atoms with Gasteiger partial charge in [-0.1, -0.05) is 0 Å². The second-order valence-electron chi connectivity index (χ2n) is 3.44. The largest absolute Gasteiger partial charge is 0.328 e. The second kappa shape index (κ2) is 3.71. The van der Waals surface area contributed by atoms with Crippen LogP contribution in [-0.2, 0) is 16.1 Å². The van der Waals surface area contributed by atoms with E-state index < -0.39 is 20.3 Å². The van der Waals surface area contributed by atoms with E-state index in [9.17, 15) is 18.0 Å². The summed E-state index contributed by atoms with van der Waals surface area (Å²) in [5, 5.41) is 0.0915. The standard InChI is InChI=1S/C9H7ClN2O4S/c1-12-8(13)6-4-5(17(10,15)16)2-3-7(6)11-9(12)14/h2-4H,1H3,(H,11,14). The highest BCUT2D eigenvalue weighted by Gasteiger charge is 2.12. The lowest BCUT2D eigenvalue weighted by atomic mass is 10.2. The fourth-order valence-electron chi connectivity index (χ4n) is 1.43. The van der Waals surface area contributed by atoms with Crippen molar-refractivity contribution in [2.45, 2.75) is 4.90 Å². The quantitative estimate of drug-likeness (QED) is 0.750. The van der Waals surface area contributed by atoms with Crippen LogP contribution in [0.25, 0.3) is 10.9 Å². The monoisotopic (exact) mass is 274 g/mol. The van der Waals surface area contributed by atoms with Crippen LogP contribution < -0.4 is 11.2 Å². The number of H-pyrrole nitrogens is 1. The zero-order valence-electron chi connectivity index (χ0n) is 8.60. The normalized spacial score (nSPS) is 11.9. The molecule has 1 heterocycles. The van der Waals surface area contributed by atoms with Crippen molar-refractivity contribution in [1.29, 1.82) is 0 Å². The van der Waals surface area contributed by atoms with Crippen LogP contribution >= 0.6 is 10.7 Å². The Morgan fingerprint density at radius 3 is 2.53 bits per heavy atom. The summed E-state index contributed by atoms with van der Waals surface area (Å²) in [7, 11) is 2.57. The molecule has 17 heavy (non-hydrogen) atoms. The van der Waals surface area contributed by atoms with E-state index in [1.807, 2.05) is 0 Å². The van der Waals surface area contributed by atoms with Crippen LogP contribution in [0, 0.1) is 0 Å². The second-order valence-corrected chi connectivity index (χ2v) is 6.01. The summed E-state index contributed by atoms with van der Waals surface area (Å²) in [6, 6.07) is 3.68. The molecule has 0 spiro atoms. The summed E-state index contributed by atoms with van der Waals surface area (Å²) < 4.78 is 23.1. The SMILES string of the molecule is Cn1c(=O)[nH]c2ccc(S(=O)(=O)Cl)cc2c1=O. The molecule has 2 aromatic rings. The van der Waals surface area contributed by atoms with E-state index in [4.69, 9.17) is 10.7 Å². The summed E-state index contributed by atoms with van der Waals surface area (Å²) in [4.78, 5) is 25.3. The zero-order chi connectivity index (χ0) is 12.8. The topological polar surface area (TPSA) is 89.0 Å². The molecule has 2 rings (SSSR count). The lowest BCUT2D eigenvalue weighted by molar-refractivity contribution is 0.609. The highest BCUT2D eigenvalue weighted by Crippen LogP contribution is 2.17. The Hall–Kier alpha value is -1.60. The van der Waals surface area contributed by atoms with Crippen LogP contribution in [-0.4, -0.2) is 18.0 Å². The van der Waals surface area contributed by atoms with Crippen LogP contribution in [0.4, 0.5) is 0 Å². The van der Waals surface area contributed by atoms with Crippen molar-refractivity contribution >= 4 is 30.6 Å². The Morgan fingerprint density at radius 2 is 1.94 bits per heavy atom. The maximum absolute atomic E-state index is 11.7. The first-order valence-corrected chi connectivity index (χ1v) is 6.79. The van der Waals surface area contributed by atoms with Crippen LogP contribution in [0.15, 0.2) is 32.7 Å². The van der Waals surface area contributed by atoms with E-state index in [1.54, 1.807) is 0 Å². The van der Waals surface area contributed by atoms with E-state index in [1.165, 1.54) is 19.2 Å². The van der Waals surface area contributed by atoms with Crippen molar-refractivity contribution in [1.82, 2.24) is 9.55 Å². The van der Waals surface area contributed by atoms with E-state index in [2.05, 4.69) is 4.98 Å². The molecule has 0 aliphatic heterocycles. The van der Waals surface area contributed by atoms with E-state index in [0.717, 1.165) is 10.6 Å². The first-order valence-electron chi connectivity index (χ1n) is 4.48. The molecule has 0 radical (unpaired) electrons. The predicted octanol–water partition coefficient (Wildman–Crippen LogP) is 0.154. The number of hydrogen-bond donors (Lipinski definition) is 1. The average Bonchev–Trinajstić information content (AvgIpc) is 2.24. The van der Waals surface area contributed by atoms with Crippen molar-refractivity contribution in [2.24, 2.45) is 7.05 Å². The molecular formula is C9H7ClN2O4S. The number of benzene rings is 1. The third-order valence-corrected chi connectivity index (χ3v) is 3.71. The third kappa shape index (κ3) is 1.98. The Morgan fingerprint density at radius 1 is 1.29 bits per heavy atom. The van der Waals surface area contributed by atoms with Gasteiger partial charge in [-0.3, -0.25) is 9.36 Å². The van der Waals surface area contributed by atoms with Gasteiger partial charge in [0.2, 0.25) is 0 Å². The van der Waals surface area contributed by atoms with Gasteiger partial charge in [0.1, 0.15) is 0 Å². The molecule has 0 saturated carbocycles. The Balaban J connectivity index is 2.98. The number of hydrogen-bond acceptors (Lipinski definition) is 4. The van der Waals surface area contributed by atoms with Crippen LogP contribution in [0.1, 0.15) is 0 Å². The molecule has 0 fully saturated rings. The van der Waals surface area contributed by atoms with Crippen molar-refractivity contribution in [2.75, 3.05) is 0 Å². The van der Waals surface area contributed by atoms with Gasteiger partial charge in [-0.25, -0.2) is 13.2 Å². The van der Waals surface area contributed by atoms with Crippen molar-refractivity contribution < 1.29 is 8.42 Å². The molecule has 0 amide bonds. The van der Waals surface area contributed by atoms with Gasteiger partial charge in [0, 0.05) is 17.7 Å². The highest BCUT2D eigenvalue weighted by atomic mass is 35.7. The van der Waals surface area contributed by atoms with Gasteiger partial charge in [0.05, 0.1) is 15.8 Å². The van der Waals surface area contributed by atoms with Crippen LogP contribution in [0.3, 0.4) is 0 Å². The summed E-state index contributed by atoms with van der Waals surface area (Å²) >= 11 is 0.